The number of nitrogens with zero attached hydrogens (tertiary/aromatic N) is 2. The summed E-state index contributed by atoms with van der Waals surface area (Å²) in [7, 11) is 2.03. The number of likely N-dealkylation sites (N-methyl/N-ethyl adjacent to an activating group) is 1. The maximum absolute atomic E-state index is 12.2. The summed E-state index contributed by atoms with van der Waals surface area (Å²) in [6, 6.07) is 4.36. The Labute approximate surface area is 106 Å². The lowest BCUT2D eigenvalue weighted by molar-refractivity contribution is 0.0569. The number of phenolic OH excluding ortho intramolecular Hbond substituents is 2. The summed E-state index contributed by atoms with van der Waals surface area (Å²) >= 11 is 0. The van der Waals surface area contributed by atoms with Crippen molar-refractivity contribution in [3.63, 3.8) is 0 Å². The molecule has 0 aromatic heterocycles. The lowest BCUT2D eigenvalue weighted by atomic mass is 10.1. The van der Waals surface area contributed by atoms with Gasteiger partial charge in [-0.1, -0.05) is 0 Å². The molecular weight excluding hydrogens is 232 g/mol. The zero-order chi connectivity index (χ0) is 13.3. The van der Waals surface area contributed by atoms with Crippen molar-refractivity contribution < 1.29 is 15.0 Å². The first-order valence-corrected chi connectivity index (χ1v) is 6.00. The lowest BCUT2D eigenvalue weighted by Crippen LogP contribution is -2.52. The molecule has 98 valence electrons. The SMILES string of the molecule is CC1CN(C(=O)c2ccc(O)cc2O)CCN1C. The Balaban J connectivity index is 2.16. The molecule has 0 bridgehead atoms. The molecule has 2 rings (SSSR count). The number of hydrogen-bond donors (Lipinski definition) is 2. The van der Waals surface area contributed by atoms with Crippen LogP contribution in [0.3, 0.4) is 0 Å². The first kappa shape index (κ1) is 12.7. The van der Waals surface area contributed by atoms with Gasteiger partial charge in [-0.05, 0) is 26.1 Å². The van der Waals surface area contributed by atoms with Crippen molar-refractivity contribution >= 4 is 5.91 Å². The number of hydrogen-bond acceptors (Lipinski definition) is 4. The molecule has 5 nitrogen and oxygen atoms in total. The predicted molar refractivity (Wildman–Crippen MR) is 67.8 cm³/mol. The second-order valence-corrected chi connectivity index (χ2v) is 4.78. The number of amides is 1. The van der Waals surface area contributed by atoms with Gasteiger partial charge in [0, 0.05) is 31.7 Å². The molecule has 0 radical (unpaired) electrons. The third kappa shape index (κ3) is 2.41. The Bertz CT molecular complexity index is 462. The zero-order valence-electron chi connectivity index (χ0n) is 10.6. The summed E-state index contributed by atoms with van der Waals surface area (Å²) in [5.41, 5.74) is 0.240. The predicted octanol–water partition coefficient (Wildman–Crippen LogP) is 0.874. The van der Waals surface area contributed by atoms with Crippen LogP contribution in [0, 0.1) is 0 Å². The highest BCUT2D eigenvalue weighted by Crippen LogP contribution is 2.24. The van der Waals surface area contributed by atoms with Gasteiger partial charge in [0.2, 0.25) is 0 Å². The Morgan fingerprint density at radius 1 is 1.33 bits per heavy atom. The standard InChI is InChI=1S/C13H18N2O3/c1-9-8-15(6-5-14(9)2)13(18)11-4-3-10(16)7-12(11)17/h3-4,7,9,16-17H,5-6,8H2,1-2H3. The van der Waals surface area contributed by atoms with E-state index in [0.717, 1.165) is 6.54 Å². The van der Waals surface area contributed by atoms with Gasteiger partial charge in [-0.15, -0.1) is 0 Å². The molecule has 1 amide bonds. The fourth-order valence-electron chi connectivity index (χ4n) is 2.10. The lowest BCUT2D eigenvalue weighted by Gasteiger charge is -2.37. The number of benzene rings is 1. The van der Waals surface area contributed by atoms with Crippen LogP contribution in [0.5, 0.6) is 11.5 Å². The van der Waals surface area contributed by atoms with Crippen molar-refractivity contribution in [2.45, 2.75) is 13.0 Å². The molecule has 1 aliphatic heterocycles. The van der Waals surface area contributed by atoms with Crippen molar-refractivity contribution in [3.8, 4) is 11.5 Å². The van der Waals surface area contributed by atoms with Crippen molar-refractivity contribution in [1.29, 1.82) is 0 Å². The third-order valence-corrected chi connectivity index (χ3v) is 3.46. The van der Waals surface area contributed by atoms with Crippen molar-refractivity contribution in [3.05, 3.63) is 23.8 Å². The minimum Gasteiger partial charge on any atom is -0.508 e. The molecule has 5 heteroatoms. The molecule has 1 aromatic rings. The Morgan fingerprint density at radius 2 is 2.06 bits per heavy atom. The molecule has 1 aliphatic rings. The Hall–Kier alpha value is -1.75. The molecule has 2 N–H and O–H groups in total. The topological polar surface area (TPSA) is 64.0 Å². The van der Waals surface area contributed by atoms with Gasteiger partial charge in [0.15, 0.2) is 0 Å². The van der Waals surface area contributed by atoms with Crippen LogP contribution in [-0.4, -0.2) is 58.6 Å². The minimum absolute atomic E-state index is 0.0456. The highest BCUT2D eigenvalue weighted by Gasteiger charge is 2.26. The van der Waals surface area contributed by atoms with Crippen LogP contribution < -0.4 is 0 Å². The summed E-state index contributed by atoms with van der Waals surface area (Å²) in [5.74, 6) is -0.408. The zero-order valence-corrected chi connectivity index (χ0v) is 10.6. The van der Waals surface area contributed by atoms with E-state index in [1.807, 2.05) is 7.05 Å². The van der Waals surface area contributed by atoms with E-state index in [4.69, 9.17) is 0 Å². The van der Waals surface area contributed by atoms with Crippen LogP contribution >= 0.6 is 0 Å². The van der Waals surface area contributed by atoms with Gasteiger partial charge >= 0.3 is 0 Å². The van der Waals surface area contributed by atoms with Gasteiger partial charge in [0.05, 0.1) is 5.56 Å². The smallest absolute Gasteiger partial charge is 0.257 e. The Morgan fingerprint density at radius 3 is 2.67 bits per heavy atom. The second-order valence-electron chi connectivity index (χ2n) is 4.78. The summed E-state index contributed by atoms with van der Waals surface area (Å²) in [4.78, 5) is 16.2. The summed E-state index contributed by atoms with van der Waals surface area (Å²) in [6.07, 6.45) is 0. The van der Waals surface area contributed by atoms with Crippen LogP contribution in [-0.2, 0) is 0 Å². The van der Waals surface area contributed by atoms with E-state index in [0.29, 0.717) is 19.1 Å². The van der Waals surface area contributed by atoms with Gasteiger partial charge in [-0.25, -0.2) is 0 Å². The molecule has 1 saturated heterocycles. The summed E-state index contributed by atoms with van der Waals surface area (Å²) in [6.45, 7) is 4.19. The van der Waals surface area contributed by atoms with E-state index >= 15 is 0 Å². The molecule has 1 unspecified atom stereocenters. The average Bonchev–Trinajstić information content (AvgIpc) is 2.32. The van der Waals surface area contributed by atoms with Crippen LogP contribution in [0.2, 0.25) is 0 Å². The summed E-state index contributed by atoms with van der Waals surface area (Å²) in [5, 5.41) is 18.9. The minimum atomic E-state index is -0.188. The van der Waals surface area contributed by atoms with Gasteiger partial charge < -0.3 is 20.0 Å². The van der Waals surface area contributed by atoms with Crippen LogP contribution in [0.25, 0.3) is 0 Å². The maximum Gasteiger partial charge on any atom is 0.257 e. The highest BCUT2D eigenvalue weighted by molar-refractivity contribution is 5.97. The molecule has 0 saturated carbocycles. The number of aromatic hydroxyl groups is 2. The van der Waals surface area contributed by atoms with E-state index in [9.17, 15) is 15.0 Å². The van der Waals surface area contributed by atoms with Crippen LogP contribution in [0.4, 0.5) is 0 Å². The Kier molecular flexibility index (Phi) is 3.43. The summed E-state index contributed by atoms with van der Waals surface area (Å²) < 4.78 is 0. The van der Waals surface area contributed by atoms with E-state index in [1.54, 1.807) is 4.90 Å². The molecule has 1 aromatic carbocycles. The normalized spacial score (nSPS) is 21.0. The van der Waals surface area contributed by atoms with E-state index in [-0.39, 0.29) is 23.0 Å². The van der Waals surface area contributed by atoms with E-state index in [2.05, 4.69) is 11.8 Å². The number of carbonyl (C=O) groups is 1. The van der Waals surface area contributed by atoms with E-state index in [1.165, 1.54) is 18.2 Å². The fraction of sp³-hybridized carbons (Fsp3) is 0.462. The fourth-order valence-corrected chi connectivity index (χ4v) is 2.10. The van der Waals surface area contributed by atoms with Gasteiger partial charge in [-0.2, -0.15) is 0 Å². The molecular formula is C13H18N2O3. The van der Waals surface area contributed by atoms with Gasteiger partial charge in [0.25, 0.3) is 5.91 Å². The first-order chi connectivity index (χ1) is 8.49. The average molecular weight is 250 g/mol. The molecule has 0 aliphatic carbocycles. The first-order valence-electron chi connectivity index (χ1n) is 6.00. The third-order valence-electron chi connectivity index (χ3n) is 3.46. The van der Waals surface area contributed by atoms with Crippen molar-refractivity contribution in [2.75, 3.05) is 26.7 Å². The molecule has 18 heavy (non-hydrogen) atoms. The maximum atomic E-state index is 12.2. The van der Waals surface area contributed by atoms with Crippen LogP contribution in [0.1, 0.15) is 17.3 Å². The molecule has 1 atom stereocenters. The molecule has 1 heterocycles. The van der Waals surface area contributed by atoms with Crippen LogP contribution in [0.15, 0.2) is 18.2 Å². The van der Waals surface area contributed by atoms with Gasteiger partial charge in [0.1, 0.15) is 11.5 Å². The van der Waals surface area contributed by atoms with Crippen molar-refractivity contribution in [1.82, 2.24) is 9.80 Å². The molecule has 0 spiro atoms. The molecule has 1 fully saturated rings. The monoisotopic (exact) mass is 250 g/mol. The largest absolute Gasteiger partial charge is 0.508 e. The number of piperazine rings is 1. The quantitative estimate of drug-likeness (QED) is 0.776. The van der Waals surface area contributed by atoms with Crippen molar-refractivity contribution in [2.24, 2.45) is 0 Å². The van der Waals surface area contributed by atoms with Gasteiger partial charge in [-0.3, -0.25) is 4.79 Å². The number of phenols is 2. The number of rotatable bonds is 1. The van der Waals surface area contributed by atoms with E-state index < -0.39 is 0 Å². The highest BCUT2D eigenvalue weighted by atomic mass is 16.3. The second kappa shape index (κ2) is 4.86. The number of carbonyl (C=O) groups excluding carboxylic acids is 1.